The molecule has 0 aliphatic carbocycles. The monoisotopic (exact) mass is 282 g/mol. The van der Waals surface area contributed by atoms with Crippen LogP contribution in [-0.2, 0) is 9.31 Å². The number of benzene rings is 1. The zero-order valence-corrected chi connectivity index (χ0v) is 12.3. The molecule has 1 heterocycles. The van der Waals surface area contributed by atoms with E-state index in [9.17, 15) is 4.39 Å². The molecule has 1 aromatic rings. The molecule has 0 atom stereocenters. The van der Waals surface area contributed by atoms with Gasteiger partial charge in [-0.15, -0.1) is 0 Å². The number of hydrogen-bond acceptors (Lipinski definition) is 2. The van der Waals surface area contributed by atoms with Gasteiger partial charge in [0.05, 0.1) is 16.2 Å². The fourth-order valence-corrected chi connectivity index (χ4v) is 1.96. The highest BCUT2D eigenvalue weighted by molar-refractivity contribution is 6.52. The van der Waals surface area contributed by atoms with Crippen molar-refractivity contribution in [1.82, 2.24) is 0 Å². The third-order valence-corrected chi connectivity index (χ3v) is 3.95. The molecular formula is C14H17BClFO2. The Morgan fingerprint density at radius 3 is 2.26 bits per heavy atom. The molecule has 102 valence electrons. The lowest BCUT2D eigenvalue weighted by Crippen LogP contribution is -2.41. The topological polar surface area (TPSA) is 18.5 Å². The van der Waals surface area contributed by atoms with E-state index in [0.29, 0.717) is 0 Å². The van der Waals surface area contributed by atoms with Gasteiger partial charge in [-0.25, -0.2) is 4.39 Å². The summed E-state index contributed by atoms with van der Waals surface area (Å²) < 4.78 is 24.7. The average Bonchev–Trinajstić information content (AvgIpc) is 2.49. The van der Waals surface area contributed by atoms with E-state index >= 15 is 0 Å². The third-order valence-electron chi connectivity index (χ3n) is 3.66. The van der Waals surface area contributed by atoms with Gasteiger partial charge < -0.3 is 9.31 Å². The largest absolute Gasteiger partial charge is 0.487 e. The highest BCUT2D eigenvalue weighted by Crippen LogP contribution is 2.37. The SMILES string of the molecule is CC1(C)OB(/C=C/c2ccc(F)c(Cl)c2)OC1(C)C. The van der Waals surface area contributed by atoms with Gasteiger partial charge in [0, 0.05) is 0 Å². The normalized spacial score (nSPS) is 21.3. The van der Waals surface area contributed by atoms with Crippen molar-refractivity contribution in [3.05, 3.63) is 40.6 Å². The molecule has 2 rings (SSSR count). The molecule has 0 bridgehead atoms. The quantitative estimate of drug-likeness (QED) is 0.760. The molecule has 0 unspecified atom stereocenters. The van der Waals surface area contributed by atoms with E-state index in [1.54, 1.807) is 18.1 Å². The van der Waals surface area contributed by atoms with Gasteiger partial charge in [0.2, 0.25) is 0 Å². The number of rotatable bonds is 2. The Morgan fingerprint density at radius 2 is 1.74 bits per heavy atom. The first-order valence-electron chi connectivity index (χ1n) is 6.20. The van der Waals surface area contributed by atoms with Crippen LogP contribution >= 0.6 is 11.6 Å². The molecule has 1 saturated heterocycles. The molecule has 0 spiro atoms. The standard InChI is InChI=1S/C14H17BClFO2/c1-13(2)14(3,4)19-15(18-13)8-7-10-5-6-12(17)11(16)9-10/h5-9H,1-4H3/b8-7+. The number of halogens is 2. The van der Waals surface area contributed by atoms with Crippen LogP contribution < -0.4 is 0 Å². The van der Waals surface area contributed by atoms with Gasteiger partial charge in [0.15, 0.2) is 0 Å². The average molecular weight is 283 g/mol. The maximum absolute atomic E-state index is 13.0. The lowest BCUT2D eigenvalue weighted by atomic mass is 9.89. The van der Waals surface area contributed by atoms with Crippen LogP contribution in [0.15, 0.2) is 24.2 Å². The zero-order valence-electron chi connectivity index (χ0n) is 11.5. The van der Waals surface area contributed by atoms with E-state index in [0.717, 1.165) is 5.56 Å². The highest BCUT2D eigenvalue weighted by Gasteiger charge is 2.49. The van der Waals surface area contributed by atoms with Gasteiger partial charge in [-0.1, -0.05) is 29.7 Å². The second kappa shape index (κ2) is 4.93. The summed E-state index contributed by atoms with van der Waals surface area (Å²) in [6.45, 7) is 7.98. The molecular weight excluding hydrogens is 265 g/mol. The van der Waals surface area contributed by atoms with Gasteiger partial charge in [-0.2, -0.15) is 0 Å². The Labute approximate surface area is 118 Å². The van der Waals surface area contributed by atoms with Crippen LogP contribution in [0.1, 0.15) is 33.3 Å². The van der Waals surface area contributed by atoms with Crippen molar-refractivity contribution in [3.8, 4) is 0 Å². The maximum Gasteiger partial charge on any atom is 0.487 e. The summed E-state index contributed by atoms with van der Waals surface area (Å²) in [6.07, 6.45) is 1.81. The molecule has 0 amide bonds. The Kier molecular flexibility index (Phi) is 3.78. The molecule has 19 heavy (non-hydrogen) atoms. The van der Waals surface area contributed by atoms with Crippen LogP contribution in [0.25, 0.3) is 6.08 Å². The first kappa shape index (κ1) is 14.6. The van der Waals surface area contributed by atoms with E-state index < -0.39 is 12.9 Å². The minimum absolute atomic E-state index is 0.107. The summed E-state index contributed by atoms with van der Waals surface area (Å²) in [5, 5.41) is 0.107. The Bertz CT molecular complexity index is 498. The molecule has 1 aromatic carbocycles. The Morgan fingerprint density at radius 1 is 1.16 bits per heavy atom. The van der Waals surface area contributed by atoms with E-state index in [4.69, 9.17) is 20.9 Å². The van der Waals surface area contributed by atoms with Crippen LogP contribution in [0.3, 0.4) is 0 Å². The van der Waals surface area contributed by atoms with Gasteiger partial charge in [-0.05, 0) is 45.4 Å². The van der Waals surface area contributed by atoms with E-state index in [1.807, 2.05) is 33.8 Å². The first-order valence-corrected chi connectivity index (χ1v) is 6.58. The van der Waals surface area contributed by atoms with Gasteiger partial charge >= 0.3 is 7.12 Å². The summed E-state index contributed by atoms with van der Waals surface area (Å²) in [4.78, 5) is 0. The summed E-state index contributed by atoms with van der Waals surface area (Å²) in [5.74, 6) is 1.38. The van der Waals surface area contributed by atoms with Gasteiger partial charge in [0.25, 0.3) is 0 Å². The minimum Gasteiger partial charge on any atom is -0.400 e. The summed E-state index contributed by atoms with van der Waals surface area (Å²) in [5.41, 5.74) is 0.0892. The predicted molar refractivity (Wildman–Crippen MR) is 76.5 cm³/mol. The molecule has 0 radical (unpaired) electrons. The molecule has 2 nitrogen and oxygen atoms in total. The summed E-state index contributed by atoms with van der Waals surface area (Å²) >= 11 is 5.73. The maximum atomic E-state index is 13.0. The fourth-order valence-electron chi connectivity index (χ4n) is 1.77. The van der Waals surface area contributed by atoms with Gasteiger partial charge in [-0.3, -0.25) is 0 Å². The van der Waals surface area contributed by atoms with Crippen molar-refractivity contribution in [2.75, 3.05) is 0 Å². The molecule has 1 aliphatic rings. The number of hydrogen-bond donors (Lipinski definition) is 0. The first-order chi connectivity index (χ1) is 8.71. The fraction of sp³-hybridized carbons (Fsp3) is 0.429. The minimum atomic E-state index is -0.422. The molecule has 0 saturated carbocycles. The Hall–Kier alpha value is -0.835. The summed E-state index contributed by atoms with van der Waals surface area (Å²) in [6, 6.07) is 4.56. The molecule has 0 N–H and O–H groups in total. The molecule has 1 fully saturated rings. The smallest absolute Gasteiger partial charge is 0.400 e. The second-order valence-electron chi connectivity index (χ2n) is 5.66. The van der Waals surface area contributed by atoms with Crippen LogP contribution in [0.2, 0.25) is 5.02 Å². The second-order valence-corrected chi connectivity index (χ2v) is 6.06. The van der Waals surface area contributed by atoms with Crippen molar-refractivity contribution in [3.63, 3.8) is 0 Å². The van der Waals surface area contributed by atoms with E-state index in [2.05, 4.69) is 0 Å². The molecule has 0 aromatic heterocycles. The van der Waals surface area contributed by atoms with E-state index in [-0.39, 0.29) is 16.2 Å². The van der Waals surface area contributed by atoms with Crippen molar-refractivity contribution in [1.29, 1.82) is 0 Å². The van der Waals surface area contributed by atoms with Crippen LogP contribution in [0.5, 0.6) is 0 Å². The lowest BCUT2D eigenvalue weighted by molar-refractivity contribution is 0.00578. The van der Waals surface area contributed by atoms with Crippen LogP contribution in [0, 0.1) is 5.82 Å². The zero-order chi connectivity index (χ0) is 14.3. The highest BCUT2D eigenvalue weighted by atomic mass is 35.5. The van der Waals surface area contributed by atoms with Crippen molar-refractivity contribution >= 4 is 24.8 Å². The van der Waals surface area contributed by atoms with Crippen LogP contribution in [0.4, 0.5) is 4.39 Å². The third kappa shape index (κ3) is 3.02. The Balaban J connectivity index is 2.10. The van der Waals surface area contributed by atoms with Crippen molar-refractivity contribution in [2.24, 2.45) is 0 Å². The van der Waals surface area contributed by atoms with Crippen molar-refractivity contribution in [2.45, 2.75) is 38.9 Å². The summed E-state index contributed by atoms with van der Waals surface area (Å²) in [7, 11) is -0.408. The van der Waals surface area contributed by atoms with Crippen LogP contribution in [-0.4, -0.2) is 18.3 Å². The molecule has 5 heteroatoms. The predicted octanol–water partition coefficient (Wildman–Crippen LogP) is 4.12. The van der Waals surface area contributed by atoms with Crippen molar-refractivity contribution < 1.29 is 13.7 Å². The lowest BCUT2D eigenvalue weighted by Gasteiger charge is -2.32. The molecule has 1 aliphatic heterocycles. The van der Waals surface area contributed by atoms with Gasteiger partial charge in [0.1, 0.15) is 5.82 Å². The van der Waals surface area contributed by atoms with E-state index in [1.165, 1.54) is 6.07 Å².